The molecule has 1 aliphatic heterocycles. The first-order valence-corrected chi connectivity index (χ1v) is 6.39. The summed E-state index contributed by atoms with van der Waals surface area (Å²) >= 11 is 9.49. The van der Waals surface area contributed by atoms with E-state index in [2.05, 4.69) is 15.9 Å². The largest absolute Gasteiger partial charge is 0.488 e. The van der Waals surface area contributed by atoms with Crippen molar-refractivity contribution in [2.24, 2.45) is 0 Å². The van der Waals surface area contributed by atoms with E-state index in [1.165, 1.54) is 0 Å². The third kappa shape index (κ3) is 2.65. The Morgan fingerprint density at radius 3 is 3.07 bits per heavy atom. The lowest BCUT2D eigenvalue weighted by Crippen LogP contribution is -2.16. The number of ether oxygens (including phenoxy) is 2. The fraction of sp³-hybridized carbons (Fsp3) is 0.455. The van der Waals surface area contributed by atoms with E-state index in [4.69, 9.17) is 21.1 Å². The summed E-state index contributed by atoms with van der Waals surface area (Å²) in [7, 11) is 0. The van der Waals surface area contributed by atoms with Crippen molar-refractivity contribution in [2.45, 2.75) is 17.9 Å². The zero-order valence-electron chi connectivity index (χ0n) is 8.21. The predicted octanol–water partition coefficient (Wildman–Crippen LogP) is 3.40. The Kier molecular flexibility index (Phi) is 3.89. The first-order chi connectivity index (χ1) is 7.31. The molecule has 0 saturated carbocycles. The van der Waals surface area contributed by atoms with Crippen molar-refractivity contribution in [2.75, 3.05) is 13.2 Å². The van der Waals surface area contributed by atoms with Gasteiger partial charge in [0.2, 0.25) is 0 Å². The maximum absolute atomic E-state index is 6.07. The van der Waals surface area contributed by atoms with Crippen LogP contribution in [0.2, 0.25) is 5.02 Å². The SMILES string of the molecule is Clc1cccc(OC2CCOC2)c1CBr. The van der Waals surface area contributed by atoms with Crippen LogP contribution in [-0.2, 0) is 10.1 Å². The van der Waals surface area contributed by atoms with Crippen LogP contribution < -0.4 is 4.74 Å². The van der Waals surface area contributed by atoms with Gasteiger partial charge in [-0.3, -0.25) is 0 Å². The molecule has 15 heavy (non-hydrogen) atoms. The van der Waals surface area contributed by atoms with Gasteiger partial charge in [0.15, 0.2) is 0 Å². The summed E-state index contributed by atoms with van der Waals surface area (Å²) in [5, 5.41) is 1.44. The van der Waals surface area contributed by atoms with Gasteiger partial charge in [-0.25, -0.2) is 0 Å². The van der Waals surface area contributed by atoms with Crippen LogP contribution in [0.15, 0.2) is 18.2 Å². The Morgan fingerprint density at radius 1 is 1.53 bits per heavy atom. The van der Waals surface area contributed by atoms with Gasteiger partial charge in [-0.15, -0.1) is 0 Å². The minimum absolute atomic E-state index is 0.168. The van der Waals surface area contributed by atoms with E-state index in [1.807, 2.05) is 18.2 Å². The minimum atomic E-state index is 0.168. The van der Waals surface area contributed by atoms with E-state index in [0.29, 0.717) is 11.9 Å². The van der Waals surface area contributed by atoms with E-state index in [9.17, 15) is 0 Å². The van der Waals surface area contributed by atoms with E-state index in [1.54, 1.807) is 0 Å². The van der Waals surface area contributed by atoms with Crippen LogP contribution in [0.1, 0.15) is 12.0 Å². The molecular formula is C11H12BrClO2. The monoisotopic (exact) mass is 290 g/mol. The van der Waals surface area contributed by atoms with Crippen molar-refractivity contribution in [3.05, 3.63) is 28.8 Å². The molecule has 0 aromatic heterocycles. The lowest BCUT2D eigenvalue weighted by molar-refractivity contribution is 0.141. The second-order valence-corrected chi connectivity index (χ2v) is 4.42. The van der Waals surface area contributed by atoms with Crippen LogP contribution in [0, 0.1) is 0 Å². The zero-order valence-corrected chi connectivity index (χ0v) is 10.6. The summed E-state index contributed by atoms with van der Waals surface area (Å²) < 4.78 is 11.1. The number of hydrogen-bond acceptors (Lipinski definition) is 2. The first kappa shape index (κ1) is 11.2. The van der Waals surface area contributed by atoms with Gasteiger partial charge in [-0.2, -0.15) is 0 Å². The third-order valence-corrected chi connectivity index (χ3v) is 3.31. The molecule has 1 atom stereocenters. The maximum atomic E-state index is 6.07. The molecule has 0 bridgehead atoms. The molecule has 1 fully saturated rings. The van der Waals surface area contributed by atoms with Crippen molar-refractivity contribution in [1.82, 2.24) is 0 Å². The number of halogens is 2. The molecule has 0 amide bonds. The van der Waals surface area contributed by atoms with Crippen molar-refractivity contribution in [3.63, 3.8) is 0 Å². The molecule has 1 unspecified atom stereocenters. The van der Waals surface area contributed by atoms with Crippen LogP contribution in [0.25, 0.3) is 0 Å². The normalized spacial score (nSPS) is 20.5. The maximum Gasteiger partial charge on any atom is 0.125 e. The van der Waals surface area contributed by atoms with Crippen molar-refractivity contribution >= 4 is 27.5 Å². The van der Waals surface area contributed by atoms with Gasteiger partial charge in [0.05, 0.1) is 13.2 Å². The van der Waals surface area contributed by atoms with Crippen LogP contribution in [-0.4, -0.2) is 19.3 Å². The van der Waals surface area contributed by atoms with Crippen molar-refractivity contribution < 1.29 is 9.47 Å². The Morgan fingerprint density at radius 2 is 2.40 bits per heavy atom. The van der Waals surface area contributed by atoms with Crippen LogP contribution in [0.3, 0.4) is 0 Å². The number of hydrogen-bond donors (Lipinski definition) is 0. The Bertz CT molecular complexity index is 337. The molecule has 2 rings (SSSR count). The fourth-order valence-electron chi connectivity index (χ4n) is 1.56. The average molecular weight is 292 g/mol. The van der Waals surface area contributed by atoms with Gasteiger partial charge >= 0.3 is 0 Å². The molecule has 4 heteroatoms. The van der Waals surface area contributed by atoms with Gasteiger partial charge in [0.25, 0.3) is 0 Å². The summed E-state index contributed by atoms with van der Waals surface area (Å²) in [6.45, 7) is 1.46. The second-order valence-electron chi connectivity index (χ2n) is 3.45. The highest BCUT2D eigenvalue weighted by Crippen LogP contribution is 2.30. The lowest BCUT2D eigenvalue weighted by atomic mass is 10.2. The quantitative estimate of drug-likeness (QED) is 0.795. The molecule has 2 nitrogen and oxygen atoms in total. The molecule has 0 N–H and O–H groups in total. The molecule has 1 heterocycles. The smallest absolute Gasteiger partial charge is 0.125 e. The van der Waals surface area contributed by atoms with Gasteiger partial charge in [0.1, 0.15) is 11.9 Å². The van der Waals surface area contributed by atoms with Gasteiger partial charge in [-0.1, -0.05) is 33.6 Å². The average Bonchev–Trinajstić information content (AvgIpc) is 2.71. The summed E-state index contributed by atoms with van der Waals surface area (Å²) in [6.07, 6.45) is 1.12. The molecule has 1 saturated heterocycles. The standard InChI is InChI=1S/C11H12BrClO2/c12-6-9-10(13)2-1-3-11(9)15-8-4-5-14-7-8/h1-3,8H,4-7H2. The van der Waals surface area contributed by atoms with E-state index in [-0.39, 0.29) is 6.10 Å². The minimum Gasteiger partial charge on any atom is -0.488 e. The van der Waals surface area contributed by atoms with Crippen molar-refractivity contribution in [3.8, 4) is 5.75 Å². The Labute approximate surface area is 103 Å². The van der Waals surface area contributed by atoms with E-state index in [0.717, 1.165) is 29.4 Å². The van der Waals surface area contributed by atoms with E-state index >= 15 is 0 Å². The fourth-order valence-corrected chi connectivity index (χ4v) is 2.54. The molecule has 0 spiro atoms. The highest BCUT2D eigenvalue weighted by atomic mass is 79.9. The number of benzene rings is 1. The molecule has 0 radical (unpaired) electrons. The second kappa shape index (κ2) is 5.19. The van der Waals surface area contributed by atoms with Crippen LogP contribution in [0.5, 0.6) is 5.75 Å². The highest BCUT2D eigenvalue weighted by Gasteiger charge is 2.18. The topological polar surface area (TPSA) is 18.5 Å². The van der Waals surface area contributed by atoms with Crippen molar-refractivity contribution in [1.29, 1.82) is 0 Å². The zero-order chi connectivity index (χ0) is 10.7. The third-order valence-electron chi connectivity index (χ3n) is 2.39. The Balaban J connectivity index is 2.15. The molecular weight excluding hydrogens is 279 g/mol. The van der Waals surface area contributed by atoms with Crippen LogP contribution in [0.4, 0.5) is 0 Å². The summed E-state index contributed by atoms with van der Waals surface area (Å²) in [4.78, 5) is 0. The van der Waals surface area contributed by atoms with E-state index < -0.39 is 0 Å². The Hall–Kier alpha value is -0.250. The highest BCUT2D eigenvalue weighted by molar-refractivity contribution is 9.08. The first-order valence-electron chi connectivity index (χ1n) is 4.89. The lowest BCUT2D eigenvalue weighted by Gasteiger charge is -2.15. The van der Waals surface area contributed by atoms with Gasteiger partial charge < -0.3 is 9.47 Å². The van der Waals surface area contributed by atoms with Crippen LogP contribution >= 0.6 is 27.5 Å². The summed E-state index contributed by atoms with van der Waals surface area (Å²) in [5.74, 6) is 0.856. The summed E-state index contributed by atoms with van der Waals surface area (Å²) in [5.41, 5.74) is 1.01. The molecule has 1 aromatic rings. The van der Waals surface area contributed by atoms with Gasteiger partial charge in [-0.05, 0) is 12.1 Å². The molecule has 0 aliphatic carbocycles. The number of rotatable bonds is 3. The molecule has 1 aromatic carbocycles. The molecule has 82 valence electrons. The van der Waals surface area contributed by atoms with Gasteiger partial charge in [0, 0.05) is 22.3 Å². The predicted molar refractivity (Wildman–Crippen MR) is 63.9 cm³/mol. The number of alkyl halides is 1. The summed E-state index contributed by atoms with van der Waals surface area (Å²) in [6, 6.07) is 5.72. The molecule has 1 aliphatic rings.